The monoisotopic (exact) mass is 430 g/mol. The van der Waals surface area contributed by atoms with E-state index >= 15 is 0 Å². The number of anilines is 1. The average Bonchev–Trinajstić information content (AvgIpc) is 3.06. The molecule has 1 aromatic heterocycles. The van der Waals surface area contributed by atoms with Crippen LogP contribution in [0.5, 0.6) is 11.5 Å². The highest BCUT2D eigenvalue weighted by molar-refractivity contribution is 6.30. The molecule has 2 aromatic carbocycles. The fraction of sp³-hybridized carbons (Fsp3) is 0.105. The Labute approximate surface area is 174 Å². The van der Waals surface area contributed by atoms with Gasteiger partial charge in [0.1, 0.15) is 11.5 Å². The first-order chi connectivity index (χ1) is 14.1. The second kappa shape index (κ2) is 8.21. The number of aromatic nitrogens is 2. The molecule has 0 spiro atoms. The predicted octanol–water partition coefficient (Wildman–Crippen LogP) is 4.03. The number of rotatable bonds is 6. The van der Waals surface area contributed by atoms with Crippen molar-refractivity contribution in [3.8, 4) is 11.5 Å². The molecule has 3 aromatic rings. The highest BCUT2D eigenvalue weighted by Gasteiger charge is 2.22. The molecule has 2 N–H and O–H groups in total. The molecular weight excluding hydrogens is 416 g/mol. The third-order valence-corrected chi connectivity index (χ3v) is 4.24. The van der Waals surface area contributed by atoms with Crippen LogP contribution in [0.2, 0.25) is 5.02 Å². The third kappa shape index (κ3) is 4.55. The summed E-state index contributed by atoms with van der Waals surface area (Å²) in [7, 11) is 1.47. The molecule has 154 valence electrons. The second-order valence-corrected chi connectivity index (χ2v) is 6.75. The Morgan fingerprint density at radius 1 is 1.27 bits per heavy atom. The summed E-state index contributed by atoms with van der Waals surface area (Å²) in [5.41, 5.74) is -0.183. The van der Waals surface area contributed by atoms with Crippen LogP contribution < -0.4 is 10.1 Å². The number of non-ortho nitro benzene ring substituents is 1. The van der Waals surface area contributed by atoms with Crippen molar-refractivity contribution in [3.05, 3.63) is 74.6 Å². The van der Waals surface area contributed by atoms with Gasteiger partial charge < -0.3 is 15.2 Å². The summed E-state index contributed by atoms with van der Waals surface area (Å²) in [6, 6.07) is 8.62. The largest absolute Gasteiger partial charge is 0.476 e. The summed E-state index contributed by atoms with van der Waals surface area (Å²) in [4.78, 5) is 34.5. The Morgan fingerprint density at radius 3 is 2.63 bits per heavy atom. The highest BCUT2D eigenvalue weighted by atomic mass is 35.5. The van der Waals surface area contributed by atoms with Crippen molar-refractivity contribution >= 4 is 34.9 Å². The predicted molar refractivity (Wildman–Crippen MR) is 107 cm³/mol. The van der Waals surface area contributed by atoms with Crippen molar-refractivity contribution in [1.82, 2.24) is 9.78 Å². The molecule has 11 heteroatoms. The number of carbonyl (C=O) groups excluding carboxylic acids is 1. The van der Waals surface area contributed by atoms with Gasteiger partial charge in [-0.1, -0.05) is 11.6 Å². The summed E-state index contributed by atoms with van der Waals surface area (Å²) in [5, 5.41) is 27.2. The zero-order chi connectivity index (χ0) is 22.0. The van der Waals surface area contributed by atoms with Gasteiger partial charge in [-0.3, -0.25) is 19.6 Å². The number of nitro groups is 1. The topological polar surface area (TPSA) is 137 Å². The van der Waals surface area contributed by atoms with Crippen LogP contribution in [0.4, 0.5) is 11.4 Å². The summed E-state index contributed by atoms with van der Waals surface area (Å²) < 4.78 is 6.91. The zero-order valence-corrected chi connectivity index (χ0v) is 16.5. The maximum atomic E-state index is 12.5. The van der Waals surface area contributed by atoms with Crippen LogP contribution in [0.15, 0.2) is 42.6 Å². The molecule has 10 nitrogen and oxygen atoms in total. The van der Waals surface area contributed by atoms with Gasteiger partial charge in [-0.15, -0.1) is 0 Å². The molecule has 0 bridgehead atoms. The van der Waals surface area contributed by atoms with Crippen LogP contribution in [0.25, 0.3) is 0 Å². The summed E-state index contributed by atoms with van der Waals surface area (Å²) >= 11 is 5.92. The molecule has 30 heavy (non-hydrogen) atoms. The number of carboxylic acids is 1. The molecule has 1 heterocycles. The lowest BCUT2D eigenvalue weighted by molar-refractivity contribution is -0.384. The van der Waals surface area contributed by atoms with Gasteiger partial charge in [-0.2, -0.15) is 5.10 Å². The van der Waals surface area contributed by atoms with E-state index in [1.54, 1.807) is 25.1 Å². The normalized spacial score (nSPS) is 10.5. The molecule has 0 radical (unpaired) electrons. The summed E-state index contributed by atoms with van der Waals surface area (Å²) in [6.45, 7) is 1.76. The molecule has 3 rings (SSSR count). The Balaban J connectivity index is 1.94. The van der Waals surface area contributed by atoms with Crippen molar-refractivity contribution in [1.29, 1.82) is 0 Å². The number of amides is 1. The van der Waals surface area contributed by atoms with Crippen LogP contribution in [0.1, 0.15) is 26.4 Å². The Morgan fingerprint density at radius 2 is 2.00 bits per heavy atom. The lowest BCUT2D eigenvalue weighted by Crippen LogP contribution is -2.15. The van der Waals surface area contributed by atoms with Crippen LogP contribution in [-0.2, 0) is 7.05 Å². The van der Waals surface area contributed by atoms with Crippen molar-refractivity contribution in [2.75, 3.05) is 5.32 Å². The van der Waals surface area contributed by atoms with Crippen molar-refractivity contribution in [3.63, 3.8) is 0 Å². The number of halogens is 1. The lowest BCUT2D eigenvalue weighted by Gasteiger charge is -2.11. The average molecular weight is 431 g/mol. The summed E-state index contributed by atoms with van der Waals surface area (Å²) in [5.74, 6) is -1.62. The number of nitrogens with one attached hydrogen (secondary N) is 1. The third-order valence-electron chi connectivity index (χ3n) is 4.00. The molecule has 0 aliphatic rings. The van der Waals surface area contributed by atoms with E-state index in [4.69, 9.17) is 16.3 Å². The molecule has 0 saturated heterocycles. The number of nitrogens with zero attached hydrogens (tertiary/aromatic N) is 3. The Kier molecular flexibility index (Phi) is 5.70. The van der Waals surface area contributed by atoms with E-state index < -0.39 is 22.5 Å². The number of carboxylic acid groups (broad SMARTS) is 1. The number of aryl methyl sites for hydroxylation is 2. The minimum Gasteiger partial charge on any atom is -0.476 e. The first-order valence-corrected chi connectivity index (χ1v) is 8.83. The smallest absolute Gasteiger partial charge is 0.357 e. The lowest BCUT2D eigenvalue weighted by atomic mass is 10.2. The maximum Gasteiger partial charge on any atom is 0.357 e. The van der Waals surface area contributed by atoms with Crippen molar-refractivity contribution < 1.29 is 24.4 Å². The van der Waals surface area contributed by atoms with Gasteiger partial charge in [0.25, 0.3) is 11.6 Å². The van der Waals surface area contributed by atoms with Gasteiger partial charge in [0.05, 0.1) is 22.2 Å². The molecule has 0 aliphatic carbocycles. The maximum absolute atomic E-state index is 12.5. The van der Waals surface area contributed by atoms with E-state index in [0.29, 0.717) is 16.3 Å². The van der Waals surface area contributed by atoms with E-state index in [2.05, 4.69) is 10.4 Å². The quantitative estimate of drug-likeness (QED) is 0.444. The number of benzene rings is 2. The number of hydrogen-bond acceptors (Lipinski definition) is 6. The molecule has 0 fully saturated rings. The highest BCUT2D eigenvalue weighted by Crippen LogP contribution is 2.32. The van der Waals surface area contributed by atoms with E-state index in [-0.39, 0.29) is 22.7 Å². The first kappa shape index (κ1) is 20.8. The molecular formula is C19H15ClN4O6. The van der Waals surface area contributed by atoms with Crippen molar-refractivity contribution in [2.24, 2.45) is 7.05 Å². The number of carbonyl (C=O) groups is 2. The number of ether oxygens (including phenoxy) is 1. The van der Waals surface area contributed by atoms with E-state index in [9.17, 15) is 24.8 Å². The van der Waals surface area contributed by atoms with Crippen LogP contribution in [0.3, 0.4) is 0 Å². The van der Waals surface area contributed by atoms with Gasteiger partial charge in [0, 0.05) is 30.4 Å². The second-order valence-electron chi connectivity index (χ2n) is 6.31. The summed E-state index contributed by atoms with van der Waals surface area (Å²) in [6.07, 6.45) is 1.24. The van der Waals surface area contributed by atoms with Crippen LogP contribution in [0, 0.1) is 17.0 Å². The van der Waals surface area contributed by atoms with Crippen LogP contribution in [-0.4, -0.2) is 31.7 Å². The molecule has 0 aliphatic heterocycles. The number of aromatic carboxylic acids is 1. The molecule has 1 amide bonds. The van der Waals surface area contributed by atoms with Crippen molar-refractivity contribution in [2.45, 2.75) is 6.92 Å². The number of hydrogen-bond donors (Lipinski definition) is 2. The van der Waals surface area contributed by atoms with Gasteiger partial charge in [-0.05, 0) is 30.7 Å². The fourth-order valence-corrected chi connectivity index (χ4v) is 2.91. The number of nitro benzene ring substituents is 1. The first-order valence-electron chi connectivity index (χ1n) is 8.46. The van der Waals surface area contributed by atoms with Gasteiger partial charge in [0.2, 0.25) is 0 Å². The Bertz CT molecular complexity index is 1170. The Hall–Kier alpha value is -3.92. The fourth-order valence-electron chi connectivity index (χ4n) is 2.69. The standard InChI is InChI=1S/C19H15ClN4O6/c1-10-5-11(20)3-4-16(10)30-14-7-12(6-13(8-14)24(28)29)21-18(25)15-9-23(2)22-17(15)19(26)27/h3-9H,1-2H3,(H,21,25)(H,26,27). The minimum atomic E-state index is -1.37. The molecule has 0 saturated carbocycles. The van der Waals surface area contributed by atoms with E-state index in [1.807, 2.05) is 0 Å². The van der Waals surface area contributed by atoms with Crippen LogP contribution >= 0.6 is 11.6 Å². The van der Waals surface area contributed by atoms with E-state index in [1.165, 1.54) is 30.1 Å². The molecule has 0 atom stereocenters. The zero-order valence-electron chi connectivity index (χ0n) is 15.7. The van der Waals surface area contributed by atoms with E-state index in [0.717, 1.165) is 6.07 Å². The van der Waals surface area contributed by atoms with Gasteiger partial charge in [0.15, 0.2) is 5.69 Å². The van der Waals surface area contributed by atoms with Gasteiger partial charge in [-0.25, -0.2) is 4.79 Å². The van der Waals surface area contributed by atoms with Gasteiger partial charge >= 0.3 is 5.97 Å². The minimum absolute atomic E-state index is 0.0519. The SMILES string of the molecule is Cc1cc(Cl)ccc1Oc1cc(NC(=O)c2cn(C)nc2C(=O)O)cc([N+](=O)[O-])c1. The molecule has 0 unspecified atom stereocenters.